The van der Waals surface area contributed by atoms with Crippen LogP contribution in [0, 0.1) is 0 Å². The van der Waals surface area contributed by atoms with Crippen LogP contribution in [0.25, 0.3) is 0 Å². The number of hydrogen-bond acceptors (Lipinski definition) is 5. The number of aliphatic hydroxyl groups is 1. The van der Waals surface area contributed by atoms with Crippen LogP contribution in [0.5, 0.6) is 11.5 Å². The number of phenols is 1. The van der Waals surface area contributed by atoms with E-state index < -0.39 is 11.0 Å². The maximum Gasteiger partial charge on any atom is 0.165 e. The zero-order valence-electron chi connectivity index (χ0n) is 13.5. The van der Waals surface area contributed by atoms with Gasteiger partial charge in [0.25, 0.3) is 0 Å². The number of hydrogen-bond donors (Lipinski definition) is 3. The van der Waals surface area contributed by atoms with E-state index in [1.807, 2.05) is 6.07 Å². The summed E-state index contributed by atoms with van der Waals surface area (Å²) in [5.41, 5.74) is 7.40. The minimum Gasteiger partial charge on any atom is -0.504 e. The van der Waals surface area contributed by atoms with Crippen molar-refractivity contribution in [3.05, 3.63) is 23.3 Å². The molecule has 5 rings (SSSR count). The van der Waals surface area contributed by atoms with Crippen LogP contribution in [0.3, 0.4) is 0 Å². The molecule has 5 heteroatoms. The molecule has 1 saturated heterocycles. The van der Waals surface area contributed by atoms with E-state index in [-0.39, 0.29) is 23.9 Å². The van der Waals surface area contributed by atoms with Gasteiger partial charge in [0.05, 0.1) is 11.0 Å². The highest BCUT2D eigenvalue weighted by molar-refractivity contribution is 5.62. The molecule has 1 aromatic rings. The molecule has 2 aliphatic heterocycles. The smallest absolute Gasteiger partial charge is 0.165 e. The molecule has 4 N–H and O–H groups in total. The Labute approximate surface area is 136 Å². The maximum atomic E-state index is 11.9. The van der Waals surface area contributed by atoms with Crippen molar-refractivity contribution in [2.45, 2.75) is 61.8 Å². The van der Waals surface area contributed by atoms with Crippen molar-refractivity contribution in [2.75, 3.05) is 13.1 Å². The molecule has 2 bridgehead atoms. The van der Waals surface area contributed by atoms with Gasteiger partial charge in [-0.1, -0.05) is 13.0 Å². The van der Waals surface area contributed by atoms with Crippen LogP contribution in [0.2, 0.25) is 0 Å². The fourth-order valence-electron chi connectivity index (χ4n) is 6.05. The monoisotopic (exact) mass is 316 g/mol. The van der Waals surface area contributed by atoms with Crippen LogP contribution in [0.15, 0.2) is 12.1 Å². The molecule has 2 heterocycles. The Morgan fingerprint density at radius 3 is 3.00 bits per heavy atom. The van der Waals surface area contributed by atoms with E-state index in [9.17, 15) is 10.2 Å². The summed E-state index contributed by atoms with van der Waals surface area (Å²) in [4.78, 5) is 2.41. The highest BCUT2D eigenvalue weighted by Gasteiger charge is 2.72. The van der Waals surface area contributed by atoms with Crippen LogP contribution >= 0.6 is 0 Å². The number of likely N-dealkylation sites (N-methyl/N-ethyl adjacent to an activating group) is 1. The number of rotatable bonds is 1. The second-order valence-electron chi connectivity index (χ2n) is 7.68. The van der Waals surface area contributed by atoms with E-state index in [0.717, 1.165) is 37.9 Å². The number of phenolic OH excluding ortho intramolecular Hbond substituents is 1. The predicted octanol–water partition coefficient (Wildman–Crippen LogP) is 0.893. The van der Waals surface area contributed by atoms with Gasteiger partial charge in [-0.2, -0.15) is 0 Å². The summed E-state index contributed by atoms with van der Waals surface area (Å²) in [5, 5.41) is 22.2. The van der Waals surface area contributed by atoms with Gasteiger partial charge < -0.3 is 20.7 Å². The minimum absolute atomic E-state index is 0.0955. The summed E-state index contributed by atoms with van der Waals surface area (Å²) < 4.78 is 6.20. The molecule has 23 heavy (non-hydrogen) atoms. The average molecular weight is 316 g/mol. The Morgan fingerprint density at radius 2 is 2.22 bits per heavy atom. The lowest BCUT2D eigenvalue weighted by Gasteiger charge is -2.63. The predicted molar refractivity (Wildman–Crippen MR) is 85.7 cm³/mol. The molecule has 2 aliphatic carbocycles. The molecule has 0 radical (unpaired) electrons. The first kappa shape index (κ1) is 14.1. The molecular weight excluding hydrogens is 292 g/mol. The molecular formula is C18H24N2O3. The zero-order chi connectivity index (χ0) is 16.0. The molecule has 1 saturated carbocycles. The molecule has 1 spiro atoms. The Hall–Kier alpha value is -1.30. The van der Waals surface area contributed by atoms with E-state index in [4.69, 9.17) is 10.5 Å². The Kier molecular flexibility index (Phi) is 2.57. The summed E-state index contributed by atoms with van der Waals surface area (Å²) in [6.07, 6.45) is 2.91. The van der Waals surface area contributed by atoms with Crippen LogP contribution < -0.4 is 10.5 Å². The number of likely N-dealkylation sites (tertiary alicyclic amines) is 1. The highest BCUT2D eigenvalue weighted by atomic mass is 16.5. The lowest BCUT2D eigenvalue weighted by molar-refractivity contribution is -0.188. The van der Waals surface area contributed by atoms with Gasteiger partial charge in [0.15, 0.2) is 11.5 Å². The summed E-state index contributed by atoms with van der Waals surface area (Å²) in [6, 6.07) is 3.75. The molecule has 5 nitrogen and oxygen atoms in total. The normalized spacial score (nSPS) is 43.9. The number of piperidine rings is 1. The van der Waals surface area contributed by atoms with Gasteiger partial charge in [-0.25, -0.2) is 0 Å². The topological polar surface area (TPSA) is 79.0 Å². The second-order valence-corrected chi connectivity index (χ2v) is 7.68. The molecule has 3 unspecified atom stereocenters. The van der Waals surface area contributed by atoms with Gasteiger partial charge in [0.1, 0.15) is 6.10 Å². The standard InChI is InChI=1S/C18H24N2O3/c1-2-20-8-7-17-14-10-3-4-12(21)15(14)23-16(17)11(19)5-6-18(17,22)13(20)9-10/h3-4,11,13,16,21-22H,2,5-9,19H2,1H3/t11?,13?,16-,17+,18?/m1/s1. The number of aromatic hydroxyl groups is 1. The minimum atomic E-state index is -0.812. The number of ether oxygens (including phenoxy) is 1. The first-order chi connectivity index (χ1) is 11.0. The van der Waals surface area contributed by atoms with Gasteiger partial charge in [0, 0.05) is 17.6 Å². The van der Waals surface area contributed by atoms with Crippen molar-refractivity contribution in [2.24, 2.45) is 5.73 Å². The molecule has 4 aliphatic rings. The average Bonchev–Trinajstić information content (AvgIpc) is 2.89. The Bertz CT molecular complexity index is 693. The largest absolute Gasteiger partial charge is 0.504 e. The number of benzene rings is 1. The second kappa shape index (κ2) is 4.21. The van der Waals surface area contributed by atoms with Crippen molar-refractivity contribution in [1.29, 1.82) is 0 Å². The fourth-order valence-corrected chi connectivity index (χ4v) is 6.05. The molecule has 124 valence electrons. The summed E-state index contributed by atoms with van der Waals surface area (Å²) >= 11 is 0. The van der Waals surface area contributed by atoms with Crippen LogP contribution in [-0.4, -0.2) is 52.0 Å². The maximum absolute atomic E-state index is 11.9. The van der Waals surface area contributed by atoms with Gasteiger partial charge in [-0.3, -0.25) is 4.90 Å². The Morgan fingerprint density at radius 1 is 1.39 bits per heavy atom. The van der Waals surface area contributed by atoms with E-state index in [1.54, 1.807) is 6.07 Å². The lowest BCUT2D eigenvalue weighted by atomic mass is 9.48. The van der Waals surface area contributed by atoms with Gasteiger partial charge >= 0.3 is 0 Å². The van der Waals surface area contributed by atoms with E-state index >= 15 is 0 Å². The number of nitrogens with zero attached hydrogens (tertiary/aromatic N) is 1. The lowest BCUT2D eigenvalue weighted by Crippen LogP contribution is -2.77. The van der Waals surface area contributed by atoms with Crippen LogP contribution in [0.1, 0.15) is 37.3 Å². The van der Waals surface area contributed by atoms with Crippen molar-refractivity contribution in [1.82, 2.24) is 4.90 Å². The summed E-state index contributed by atoms with van der Waals surface area (Å²) in [6.45, 7) is 4.06. The SMILES string of the molecule is CCN1CC[C@]23c4c5ccc(O)c4O[C@@H]2C(N)CCC3(O)C1C5. The third kappa shape index (κ3) is 1.37. The van der Waals surface area contributed by atoms with Crippen molar-refractivity contribution < 1.29 is 14.9 Å². The summed E-state index contributed by atoms with van der Waals surface area (Å²) in [5.74, 6) is 0.755. The van der Waals surface area contributed by atoms with Crippen molar-refractivity contribution in [3.8, 4) is 11.5 Å². The quantitative estimate of drug-likeness (QED) is 0.717. The fraction of sp³-hybridized carbons (Fsp3) is 0.667. The first-order valence-corrected chi connectivity index (χ1v) is 8.77. The van der Waals surface area contributed by atoms with E-state index in [1.165, 1.54) is 5.56 Å². The molecule has 0 aromatic heterocycles. The van der Waals surface area contributed by atoms with Crippen molar-refractivity contribution in [3.63, 3.8) is 0 Å². The summed E-state index contributed by atoms with van der Waals surface area (Å²) in [7, 11) is 0. The molecule has 2 fully saturated rings. The third-order valence-electron chi connectivity index (χ3n) is 7.02. The van der Waals surface area contributed by atoms with Gasteiger partial charge in [-0.05, 0) is 50.4 Å². The highest BCUT2D eigenvalue weighted by Crippen LogP contribution is 2.65. The van der Waals surface area contributed by atoms with Crippen LogP contribution in [0.4, 0.5) is 0 Å². The molecule has 0 amide bonds. The molecule has 1 aromatic carbocycles. The Balaban J connectivity index is 1.82. The van der Waals surface area contributed by atoms with Crippen molar-refractivity contribution >= 4 is 0 Å². The third-order valence-corrected chi connectivity index (χ3v) is 7.02. The molecule has 5 atom stereocenters. The zero-order valence-corrected chi connectivity index (χ0v) is 13.5. The van der Waals surface area contributed by atoms with Crippen LogP contribution in [-0.2, 0) is 11.8 Å². The number of nitrogens with two attached hydrogens (primary N) is 1. The van der Waals surface area contributed by atoms with E-state index in [2.05, 4.69) is 11.8 Å². The first-order valence-electron chi connectivity index (χ1n) is 8.77. The van der Waals surface area contributed by atoms with Gasteiger partial charge in [0.2, 0.25) is 0 Å². The van der Waals surface area contributed by atoms with E-state index in [0.29, 0.717) is 12.2 Å². The van der Waals surface area contributed by atoms with Gasteiger partial charge in [-0.15, -0.1) is 0 Å².